The summed E-state index contributed by atoms with van der Waals surface area (Å²) in [7, 11) is 0. The standard InChI is InChI=1S/C15H15BrO2/c1-11-3-2-4-12(7-11)10-18-15-6-5-14(16)8-13(15)9-17/h2-8,17H,9-10H2,1H3. The van der Waals surface area contributed by atoms with Crippen molar-refractivity contribution in [1.82, 2.24) is 0 Å². The van der Waals surface area contributed by atoms with E-state index >= 15 is 0 Å². The van der Waals surface area contributed by atoms with Gasteiger partial charge in [-0.3, -0.25) is 0 Å². The molecule has 0 aliphatic rings. The average Bonchev–Trinajstić information content (AvgIpc) is 2.37. The molecule has 0 spiro atoms. The van der Waals surface area contributed by atoms with Crippen LogP contribution in [-0.2, 0) is 13.2 Å². The van der Waals surface area contributed by atoms with Gasteiger partial charge in [0.2, 0.25) is 0 Å². The minimum Gasteiger partial charge on any atom is -0.489 e. The van der Waals surface area contributed by atoms with Crippen molar-refractivity contribution in [3.8, 4) is 5.75 Å². The second-order valence-electron chi connectivity index (χ2n) is 4.19. The molecular formula is C15H15BrO2. The molecule has 94 valence electrons. The van der Waals surface area contributed by atoms with Crippen molar-refractivity contribution in [3.63, 3.8) is 0 Å². The summed E-state index contributed by atoms with van der Waals surface area (Å²) in [5.41, 5.74) is 3.13. The highest BCUT2D eigenvalue weighted by molar-refractivity contribution is 9.10. The summed E-state index contributed by atoms with van der Waals surface area (Å²) < 4.78 is 6.68. The number of aryl methyl sites for hydroxylation is 1. The van der Waals surface area contributed by atoms with Gasteiger partial charge in [0, 0.05) is 10.0 Å². The van der Waals surface area contributed by atoms with E-state index in [4.69, 9.17) is 4.74 Å². The number of aliphatic hydroxyl groups excluding tert-OH is 1. The zero-order chi connectivity index (χ0) is 13.0. The Morgan fingerprint density at radius 3 is 2.72 bits per heavy atom. The summed E-state index contributed by atoms with van der Waals surface area (Å²) >= 11 is 3.38. The lowest BCUT2D eigenvalue weighted by molar-refractivity contribution is 0.259. The fourth-order valence-corrected chi connectivity index (χ4v) is 2.18. The molecule has 2 aromatic carbocycles. The van der Waals surface area contributed by atoms with Crippen LogP contribution in [0.1, 0.15) is 16.7 Å². The van der Waals surface area contributed by atoms with Crippen LogP contribution in [0.15, 0.2) is 46.9 Å². The summed E-state index contributed by atoms with van der Waals surface area (Å²) in [5, 5.41) is 9.28. The smallest absolute Gasteiger partial charge is 0.125 e. The van der Waals surface area contributed by atoms with Gasteiger partial charge in [-0.1, -0.05) is 45.8 Å². The number of halogens is 1. The van der Waals surface area contributed by atoms with E-state index in [1.54, 1.807) is 0 Å². The lowest BCUT2D eigenvalue weighted by Crippen LogP contribution is -1.99. The fraction of sp³-hybridized carbons (Fsp3) is 0.200. The third kappa shape index (κ3) is 3.34. The highest BCUT2D eigenvalue weighted by atomic mass is 79.9. The van der Waals surface area contributed by atoms with Crippen molar-refractivity contribution in [3.05, 3.63) is 63.6 Å². The third-order valence-corrected chi connectivity index (χ3v) is 3.16. The molecule has 2 nitrogen and oxygen atoms in total. The predicted octanol–water partition coefficient (Wildman–Crippen LogP) is 3.83. The van der Waals surface area contributed by atoms with Crippen molar-refractivity contribution in [2.75, 3.05) is 0 Å². The number of hydrogen-bond donors (Lipinski definition) is 1. The maximum absolute atomic E-state index is 9.28. The van der Waals surface area contributed by atoms with Crippen LogP contribution in [-0.4, -0.2) is 5.11 Å². The summed E-state index contributed by atoms with van der Waals surface area (Å²) in [6, 6.07) is 13.8. The topological polar surface area (TPSA) is 29.5 Å². The molecule has 1 N–H and O–H groups in total. The van der Waals surface area contributed by atoms with E-state index in [0.717, 1.165) is 21.3 Å². The van der Waals surface area contributed by atoms with Crippen molar-refractivity contribution < 1.29 is 9.84 Å². The van der Waals surface area contributed by atoms with Gasteiger partial charge in [-0.15, -0.1) is 0 Å². The average molecular weight is 307 g/mol. The third-order valence-electron chi connectivity index (χ3n) is 2.67. The van der Waals surface area contributed by atoms with Crippen molar-refractivity contribution in [2.24, 2.45) is 0 Å². The van der Waals surface area contributed by atoms with Crippen LogP contribution in [0.4, 0.5) is 0 Å². The monoisotopic (exact) mass is 306 g/mol. The van der Waals surface area contributed by atoms with Crippen LogP contribution >= 0.6 is 15.9 Å². The van der Waals surface area contributed by atoms with E-state index in [9.17, 15) is 5.11 Å². The molecule has 0 atom stereocenters. The maximum Gasteiger partial charge on any atom is 0.125 e. The highest BCUT2D eigenvalue weighted by Crippen LogP contribution is 2.24. The van der Waals surface area contributed by atoms with E-state index in [1.165, 1.54) is 5.56 Å². The van der Waals surface area contributed by atoms with Crippen LogP contribution in [0.5, 0.6) is 5.75 Å². The Hall–Kier alpha value is -1.32. The van der Waals surface area contributed by atoms with Crippen molar-refractivity contribution >= 4 is 15.9 Å². The molecule has 0 unspecified atom stereocenters. The van der Waals surface area contributed by atoms with Crippen LogP contribution in [0.3, 0.4) is 0 Å². The van der Waals surface area contributed by atoms with Gasteiger partial charge in [0.15, 0.2) is 0 Å². The van der Waals surface area contributed by atoms with E-state index in [0.29, 0.717) is 6.61 Å². The van der Waals surface area contributed by atoms with Crippen molar-refractivity contribution in [2.45, 2.75) is 20.1 Å². The zero-order valence-corrected chi connectivity index (χ0v) is 11.8. The first-order chi connectivity index (χ1) is 8.69. The number of hydrogen-bond acceptors (Lipinski definition) is 2. The molecule has 0 heterocycles. The lowest BCUT2D eigenvalue weighted by Gasteiger charge is -2.11. The Labute approximate surface area is 115 Å². The molecule has 0 saturated heterocycles. The first-order valence-electron chi connectivity index (χ1n) is 5.76. The van der Waals surface area contributed by atoms with E-state index in [1.807, 2.05) is 30.3 Å². The second-order valence-corrected chi connectivity index (χ2v) is 5.10. The van der Waals surface area contributed by atoms with E-state index in [-0.39, 0.29) is 6.61 Å². The molecule has 0 fully saturated rings. The minimum absolute atomic E-state index is 0.0252. The van der Waals surface area contributed by atoms with Crippen LogP contribution < -0.4 is 4.74 Å². The molecular weight excluding hydrogens is 292 g/mol. The van der Waals surface area contributed by atoms with Gasteiger partial charge in [0.25, 0.3) is 0 Å². The number of aliphatic hydroxyl groups is 1. The molecule has 0 bridgehead atoms. The summed E-state index contributed by atoms with van der Waals surface area (Å²) in [6.07, 6.45) is 0. The Balaban J connectivity index is 2.10. The van der Waals surface area contributed by atoms with Crippen LogP contribution in [0.2, 0.25) is 0 Å². The molecule has 3 heteroatoms. The Kier molecular flexibility index (Phi) is 4.39. The molecule has 0 aromatic heterocycles. The SMILES string of the molecule is Cc1cccc(COc2ccc(Br)cc2CO)c1. The predicted molar refractivity (Wildman–Crippen MR) is 75.6 cm³/mol. The molecule has 2 rings (SSSR count). The molecule has 0 radical (unpaired) electrons. The van der Waals surface area contributed by atoms with Crippen LogP contribution in [0, 0.1) is 6.92 Å². The van der Waals surface area contributed by atoms with E-state index < -0.39 is 0 Å². The van der Waals surface area contributed by atoms with Gasteiger partial charge < -0.3 is 9.84 Å². The zero-order valence-electron chi connectivity index (χ0n) is 10.2. The second kappa shape index (κ2) is 6.03. The van der Waals surface area contributed by atoms with Gasteiger partial charge in [0.1, 0.15) is 12.4 Å². The minimum atomic E-state index is -0.0252. The Morgan fingerprint density at radius 2 is 2.00 bits per heavy atom. The van der Waals surface area contributed by atoms with E-state index in [2.05, 4.69) is 35.0 Å². The maximum atomic E-state index is 9.28. The first kappa shape index (κ1) is 13.1. The van der Waals surface area contributed by atoms with Crippen LogP contribution in [0.25, 0.3) is 0 Å². The molecule has 0 aliphatic heterocycles. The lowest BCUT2D eigenvalue weighted by atomic mass is 10.1. The molecule has 2 aromatic rings. The fourth-order valence-electron chi connectivity index (χ4n) is 1.78. The van der Waals surface area contributed by atoms with Gasteiger partial charge >= 0.3 is 0 Å². The number of ether oxygens (including phenoxy) is 1. The first-order valence-corrected chi connectivity index (χ1v) is 6.56. The van der Waals surface area contributed by atoms with Gasteiger partial charge in [-0.2, -0.15) is 0 Å². The molecule has 0 aliphatic carbocycles. The normalized spacial score (nSPS) is 10.4. The summed E-state index contributed by atoms with van der Waals surface area (Å²) in [5.74, 6) is 0.724. The highest BCUT2D eigenvalue weighted by Gasteiger charge is 2.04. The molecule has 0 saturated carbocycles. The molecule has 0 amide bonds. The van der Waals surface area contributed by atoms with Gasteiger partial charge in [0.05, 0.1) is 6.61 Å². The number of benzene rings is 2. The Morgan fingerprint density at radius 1 is 1.17 bits per heavy atom. The molecule has 18 heavy (non-hydrogen) atoms. The van der Waals surface area contributed by atoms with Gasteiger partial charge in [-0.25, -0.2) is 0 Å². The van der Waals surface area contributed by atoms with Crippen molar-refractivity contribution in [1.29, 1.82) is 0 Å². The van der Waals surface area contributed by atoms with Gasteiger partial charge in [-0.05, 0) is 30.7 Å². The summed E-state index contributed by atoms with van der Waals surface area (Å²) in [4.78, 5) is 0. The largest absolute Gasteiger partial charge is 0.489 e. The quantitative estimate of drug-likeness (QED) is 0.930. The Bertz CT molecular complexity index is 538. The summed E-state index contributed by atoms with van der Waals surface area (Å²) in [6.45, 7) is 2.54. The number of rotatable bonds is 4.